The van der Waals surface area contributed by atoms with Crippen molar-refractivity contribution in [2.24, 2.45) is 0 Å². The van der Waals surface area contributed by atoms with Crippen molar-refractivity contribution in [1.29, 1.82) is 0 Å². The van der Waals surface area contributed by atoms with Gasteiger partial charge in [0.25, 0.3) is 0 Å². The number of hydrogen-bond acceptors (Lipinski definition) is 5. The van der Waals surface area contributed by atoms with Gasteiger partial charge in [0.05, 0.1) is 39.9 Å². The van der Waals surface area contributed by atoms with E-state index in [1.54, 1.807) is 6.08 Å². The molecule has 3 unspecified atom stereocenters. The molecule has 0 saturated heterocycles. The van der Waals surface area contributed by atoms with Crippen molar-refractivity contribution in [3.05, 3.63) is 36.5 Å². The molecule has 0 bridgehead atoms. The van der Waals surface area contributed by atoms with Crippen LogP contribution in [0.4, 0.5) is 0 Å². The van der Waals surface area contributed by atoms with Crippen LogP contribution in [0.3, 0.4) is 0 Å². The van der Waals surface area contributed by atoms with Crippen LogP contribution in [0, 0.1) is 0 Å². The molecule has 66 heavy (non-hydrogen) atoms. The molecule has 0 heterocycles. The second-order valence-corrected chi connectivity index (χ2v) is 22.1. The molecule has 8 nitrogen and oxygen atoms in total. The fourth-order valence-electron chi connectivity index (χ4n) is 8.37. The highest BCUT2D eigenvalue weighted by molar-refractivity contribution is 7.47. The van der Waals surface area contributed by atoms with E-state index < -0.39 is 20.0 Å². The van der Waals surface area contributed by atoms with Gasteiger partial charge in [0.15, 0.2) is 0 Å². The molecule has 0 spiro atoms. The van der Waals surface area contributed by atoms with Crippen LogP contribution in [0.1, 0.15) is 271 Å². The smallest absolute Gasteiger partial charge is 0.387 e. The third-order valence-electron chi connectivity index (χ3n) is 12.9. The van der Waals surface area contributed by atoms with E-state index in [2.05, 4.69) is 43.5 Å². The number of nitrogens with zero attached hydrogens (tertiary/aromatic N) is 1. The second kappa shape index (κ2) is 48.7. The monoisotopic (exact) mass is 952 g/mol. The Hall–Kier alpha value is -1.28. The summed E-state index contributed by atoms with van der Waals surface area (Å²) in [5.74, 6) is -0.174. The molecule has 0 radical (unpaired) electrons. The van der Waals surface area contributed by atoms with Gasteiger partial charge in [0.2, 0.25) is 5.91 Å². The number of likely N-dealkylation sites (N-methyl/N-ethyl adjacent to an activating group) is 1. The summed E-state index contributed by atoms with van der Waals surface area (Å²) in [5, 5.41) is 13.9. The first-order valence-corrected chi connectivity index (χ1v) is 29.9. The summed E-state index contributed by atoms with van der Waals surface area (Å²) in [5.41, 5.74) is 0. The quantitative estimate of drug-likeness (QED) is 0.0243. The molecule has 3 atom stereocenters. The fourth-order valence-corrected chi connectivity index (χ4v) is 9.10. The Balaban J connectivity index is 4.11. The van der Waals surface area contributed by atoms with E-state index in [1.165, 1.54) is 205 Å². The van der Waals surface area contributed by atoms with Gasteiger partial charge in [-0.15, -0.1) is 0 Å². The van der Waals surface area contributed by atoms with Crippen molar-refractivity contribution in [2.45, 2.75) is 283 Å². The van der Waals surface area contributed by atoms with E-state index in [-0.39, 0.29) is 19.1 Å². The Morgan fingerprint density at radius 1 is 0.515 bits per heavy atom. The number of rotatable bonds is 52. The minimum Gasteiger partial charge on any atom is -0.387 e. The van der Waals surface area contributed by atoms with Gasteiger partial charge in [-0.3, -0.25) is 13.8 Å². The summed E-state index contributed by atoms with van der Waals surface area (Å²) in [7, 11) is 1.58. The zero-order chi connectivity index (χ0) is 48.5. The van der Waals surface area contributed by atoms with Gasteiger partial charge >= 0.3 is 7.82 Å². The summed E-state index contributed by atoms with van der Waals surface area (Å²) < 4.78 is 23.7. The maximum Gasteiger partial charge on any atom is 0.472 e. The molecule has 9 heteroatoms. The molecule has 390 valence electrons. The molecular formula is C57H112N2O6P+. The number of amides is 1. The van der Waals surface area contributed by atoms with E-state index in [0.717, 1.165) is 44.9 Å². The largest absolute Gasteiger partial charge is 0.472 e. The van der Waals surface area contributed by atoms with Gasteiger partial charge in [-0.05, 0) is 51.4 Å². The molecule has 0 aromatic heterocycles. The predicted molar refractivity (Wildman–Crippen MR) is 286 cm³/mol. The molecule has 0 aliphatic rings. The number of hydrogen-bond donors (Lipinski definition) is 3. The molecule has 0 rings (SSSR count). The number of quaternary nitrogens is 1. The van der Waals surface area contributed by atoms with Crippen molar-refractivity contribution in [2.75, 3.05) is 40.9 Å². The lowest BCUT2D eigenvalue weighted by molar-refractivity contribution is -0.870. The highest BCUT2D eigenvalue weighted by atomic mass is 31.2. The van der Waals surface area contributed by atoms with Crippen molar-refractivity contribution in [1.82, 2.24) is 5.32 Å². The molecule has 0 fully saturated rings. The van der Waals surface area contributed by atoms with Crippen LogP contribution in [0.15, 0.2) is 36.5 Å². The SMILES string of the molecule is CCCCCCC/C=C\C/C=C\CCCCCCCCCCCCCCCCCCCC(=O)NC(COP(=O)(O)OCC[N+](C)(C)C)C(O)/C=C/CCCCCCCCCCCCCCC. The van der Waals surface area contributed by atoms with Crippen LogP contribution in [0.2, 0.25) is 0 Å². The Bertz CT molecular complexity index is 1170. The lowest BCUT2D eigenvalue weighted by atomic mass is 10.0. The second-order valence-electron chi connectivity index (χ2n) is 20.7. The van der Waals surface area contributed by atoms with Crippen LogP contribution < -0.4 is 5.32 Å². The molecule has 0 aromatic carbocycles. The number of aliphatic hydroxyl groups excluding tert-OH is 1. The normalized spacial score (nSPS) is 14.2. The lowest BCUT2D eigenvalue weighted by Gasteiger charge is -2.25. The first kappa shape index (κ1) is 64.7. The average molecular weight is 953 g/mol. The molecule has 0 aliphatic heterocycles. The van der Waals surface area contributed by atoms with Crippen LogP contribution >= 0.6 is 7.82 Å². The number of phosphoric ester groups is 1. The zero-order valence-electron chi connectivity index (χ0n) is 44.4. The van der Waals surface area contributed by atoms with Crippen LogP contribution in [0.25, 0.3) is 0 Å². The highest BCUT2D eigenvalue weighted by Crippen LogP contribution is 2.43. The number of carbonyl (C=O) groups excluding carboxylic acids is 1. The average Bonchev–Trinajstić information content (AvgIpc) is 3.28. The van der Waals surface area contributed by atoms with Crippen molar-refractivity contribution in [3.8, 4) is 0 Å². The molecular weight excluding hydrogens is 840 g/mol. The van der Waals surface area contributed by atoms with Crippen LogP contribution in [-0.2, 0) is 18.4 Å². The van der Waals surface area contributed by atoms with Crippen LogP contribution in [-0.4, -0.2) is 73.4 Å². The highest BCUT2D eigenvalue weighted by Gasteiger charge is 2.27. The summed E-state index contributed by atoms with van der Waals surface area (Å²) in [6.45, 7) is 4.83. The van der Waals surface area contributed by atoms with Gasteiger partial charge in [0, 0.05) is 6.42 Å². The van der Waals surface area contributed by atoms with Gasteiger partial charge in [0.1, 0.15) is 13.2 Å². The van der Waals surface area contributed by atoms with E-state index in [4.69, 9.17) is 9.05 Å². The van der Waals surface area contributed by atoms with Gasteiger partial charge in [-0.25, -0.2) is 4.57 Å². The minimum atomic E-state index is -4.34. The van der Waals surface area contributed by atoms with E-state index in [1.807, 2.05) is 27.2 Å². The number of carbonyl (C=O) groups is 1. The maximum absolute atomic E-state index is 13.0. The molecule has 1 amide bonds. The van der Waals surface area contributed by atoms with E-state index >= 15 is 0 Å². The Labute approximate surface area is 410 Å². The third kappa shape index (κ3) is 50.6. The summed E-state index contributed by atoms with van der Waals surface area (Å²) in [6, 6.07) is -0.844. The fraction of sp³-hybridized carbons (Fsp3) is 0.877. The first-order chi connectivity index (χ1) is 32.0. The summed E-state index contributed by atoms with van der Waals surface area (Å²) >= 11 is 0. The first-order valence-electron chi connectivity index (χ1n) is 28.4. The van der Waals surface area contributed by atoms with Gasteiger partial charge < -0.3 is 19.8 Å². The van der Waals surface area contributed by atoms with E-state index in [0.29, 0.717) is 17.4 Å². The summed E-state index contributed by atoms with van der Waals surface area (Å²) in [4.78, 5) is 23.3. The number of aliphatic hydroxyl groups is 1. The van der Waals surface area contributed by atoms with Crippen LogP contribution in [0.5, 0.6) is 0 Å². The topological polar surface area (TPSA) is 105 Å². The molecule has 3 N–H and O–H groups in total. The van der Waals surface area contributed by atoms with E-state index in [9.17, 15) is 19.4 Å². The molecule has 0 saturated carbocycles. The third-order valence-corrected chi connectivity index (χ3v) is 13.8. The van der Waals surface area contributed by atoms with Crippen molar-refractivity contribution in [3.63, 3.8) is 0 Å². The predicted octanol–water partition coefficient (Wildman–Crippen LogP) is 17.0. The Kier molecular flexibility index (Phi) is 47.8. The number of nitrogens with one attached hydrogen (secondary N) is 1. The Morgan fingerprint density at radius 3 is 1.24 bits per heavy atom. The maximum atomic E-state index is 13.0. The Morgan fingerprint density at radius 2 is 0.864 bits per heavy atom. The minimum absolute atomic E-state index is 0.0628. The zero-order valence-corrected chi connectivity index (χ0v) is 45.3. The standard InChI is InChI=1S/C57H111N2O6P/c1-6-8-10-12-14-16-18-20-22-23-24-25-26-27-28-29-30-31-32-33-34-35-37-39-41-43-45-47-49-51-57(61)58-55(54-65-66(62,63)64-53-52-59(3,4)5)56(60)50-48-46-44-42-40-38-36-21-19-17-15-13-11-9-7-2/h18,20,23-24,48,50,55-56,60H,6-17,19,21-22,25-47,49,51-54H2,1-5H3,(H-,58,61,62,63)/p+1/b20-18-,24-23-,50-48+. The number of allylic oxidation sites excluding steroid dienone is 5. The van der Waals surface area contributed by atoms with Gasteiger partial charge in [-0.1, -0.05) is 249 Å². The summed E-state index contributed by atoms with van der Waals surface area (Å²) in [6.07, 6.45) is 62.4. The lowest BCUT2D eigenvalue weighted by Crippen LogP contribution is -2.45. The molecule has 0 aromatic rings. The van der Waals surface area contributed by atoms with Crippen molar-refractivity contribution >= 4 is 13.7 Å². The van der Waals surface area contributed by atoms with Crippen molar-refractivity contribution < 1.29 is 32.9 Å². The molecule has 0 aliphatic carbocycles. The number of phosphoric acid groups is 1. The number of unbranched alkanes of at least 4 members (excludes halogenated alkanes) is 35. The van der Waals surface area contributed by atoms with Gasteiger partial charge in [-0.2, -0.15) is 0 Å².